The van der Waals surface area contributed by atoms with E-state index in [-0.39, 0.29) is 41.9 Å². The molecule has 5 nitrogen and oxygen atoms in total. The van der Waals surface area contributed by atoms with Gasteiger partial charge in [-0.25, -0.2) is 4.79 Å². The van der Waals surface area contributed by atoms with Crippen molar-refractivity contribution < 1.29 is 19.1 Å². The Morgan fingerprint density at radius 3 is 2.26 bits per heavy atom. The number of hydrogen-bond acceptors (Lipinski definition) is 4. The smallest absolute Gasteiger partial charge is 0.335 e. The Bertz CT molecular complexity index is 1020. The van der Waals surface area contributed by atoms with Crippen molar-refractivity contribution in [1.29, 1.82) is 0 Å². The van der Waals surface area contributed by atoms with E-state index in [2.05, 4.69) is 0 Å². The van der Waals surface area contributed by atoms with Crippen molar-refractivity contribution in [3.63, 3.8) is 0 Å². The van der Waals surface area contributed by atoms with Crippen LogP contribution in [-0.2, 0) is 20.8 Å². The third-order valence-electron chi connectivity index (χ3n) is 7.58. The summed E-state index contributed by atoms with van der Waals surface area (Å²) in [6, 6.07) is 14.1. The van der Waals surface area contributed by atoms with Crippen LogP contribution in [0.15, 0.2) is 48.5 Å². The van der Waals surface area contributed by atoms with Gasteiger partial charge in [0, 0.05) is 6.42 Å². The lowest BCUT2D eigenvalue weighted by Crippen LogP contribution is -2.49. The van der Waals surface area contributed by atoms with Crippen molar-refractivity contribution in [2.24, 2.45) is 23.7 Å². The van der Waals surface area contributed by atoms with Gasteiger partial charge in [-0.05, 0) is 67.7 Å². The highest BCUT2D eigenvalue weighted by molar-refractivity contribution is 6.08. The molecule has 2 aromatic rings. The number of rotatable bonds is 5. The first-order valence-corrected chi connectivity index (χ1v) is 11.1. The fourth-order valence-corrected chi connectivity index (χ4v) is 5.87. The molecule has 1 aliphatic heterocycles. The number of hydrogen-bond donors (Lipinski definition) is 0. The number of benzene rings is 2. The Balaban J connectivity index is 1.47. The SMILES string of the molecule is Cc1cccc(OC(=O)[C@H](Cc2ccccc2)N2C(=O)[C@@H]3[C@@H]4CC[C@H](C4)[C@@H]3C2=O)c1C. The Kier molecular flexibility index (Phi) is 4.92. The van der Waals surface area contributed by atoms with Crippen LogP contribution in [0.2, 0.25) is 0 Å². The molecule has 0 aromatic heterocycles. The van der Waals surface area contributed by atoms with Crippen molar-refractivity contribution >= 4 is 17.8 Å². The van der Waals surface area contributed by atoms with Crippen LogP contribution in [-0.4, -0.2) is 28.7 Å². The number of aryl methyl sites for hydroxylation is 1. The standard InChI is InChI=1S/C26H27NO4/c1-15-7-6-10-21(16(15)2)31-26(30)20(13-17-8-4-3-5-9-17)27-24(28)22-18-11-12-19(14-18)23(22)25(27)29/h3-10,18-20,22-23H,11-14H2,1-2H3/t18-,19-,20+,22-,23+/m1/s1. The molecular formula is C26H27NO4. The van der Waals surface area contributed by atoms with Crippen LogP contribution < -0.4 is 4.74 Å². The van der Waals surface area contributed by atoms with Gasteiger partial charge < -0.3 is 4.74 Å². The lowest BCUT2D eigenvalue weighted by atomic mass is 9.81. The maximum Gasteiger partial charge on any atom is 0.335 e. The van der Waals surface area contributed by atoms with Crippen LogP contribution in [0.25, 0.3) is 0 Å². The average molecular weight is 418 g/mol. The van der Waals surface area contributed by atoms with Crippen LogP contribution >= 0.6 is 0 Å². The predicted octanol–water partition coefficient (Wildman–Crippen LogP) is 3.85. The van der Waals surface area contributed by atoms with Gasteiger partial charge in [-0.1, -0.05) is 42.5 Å². The van der Waals surface area contributed by atoms with Gasteiger partial charge in [0.25, 0.3) is 0 Å². The fraction of sp³-hybridized carbons (Fsp3) is 0.423. The number of amides is 2. The van der Waals surface area contributed by atoms with E-state index in [4.69, 9.17) is 4.74 Å². The number of imide groups is 1. The average Bonchev–Trinajstić information content (AvgIpc) is 3.45. The summed E-state index contributed by atoms with van der Waals surface area (Å²) in [5.41, 5.74) is 2.79. The number of nitrogens with zero attached hydrogens (tertiary/aromatic N) is 1. The minimum atomic E-state index is -0.952. The molecule has 5 heteroatoms. The highest BCUT2D eigenvalue weighted by Crippen LogP contribution is 2.56. The van der Waals surface area contributed by atoms with Crippen LogP contribution in [0, 0.1) is 37.5 Å². The predicted molar refractivity (Wildman–Crippen MR) is 115 cm³/mol. The molecule has 31 heavy (non-hydrogen) atoms. The Labute approximate surface area is 182 Å². The van der Waals surface area contributed by atoms with Gasteiger partial charge in [-0.3, -0.25) is 14.5 Å². The molecule has 2 amide bonds. The molecule has 0 unspecified atom stereocenters. The molecule has 2 aromatic carbocycles. The third kappa shape index (κ3) is 3.27. The first-order chi connectivity index (χ1) is 15.0. The van der Waals surface area contributed by atoms with Crippen LogP contribution in [0.1, 0.15) is 36.0 Å². The van der Waals surface area contributed by atoms with Gasteiger partial charge in [-0.2, -0.15) is 0 Å². The van der Waals surface area contributed by atoms with E-state index >= 15 is 0 Å². The summed E-state index contributed by atoms with van der Waals surface area (Å²) in [6.07, 6.45) is 3.25. The Morgan fingerprint density at radius 2 is 1.61 bits per heavy atom. The van der Waals surface area contributed by atoms with E-state index < -0.39 is 12.0 Å². The van der Waals surface area contributed by atoms with Crippen LogP contribution in [0.5, 0.6) is 5.75 Å². The van der Waals surface area contributed by atoms with E-state index in [0.717, 1.165) is 36.0 Å². The molecule has 5 atom stereocenters. The summed E-state index contributed by atoms with van der Waals surface area (Å²) in [7, 11) is 0. The zero-order chi connectivity index (χ0) is 21.7. The molecule has 5 rings (SSSR count). The molecule has 2 bridgehead atoms. The zero-order valence-electron chi connectivity index (χ0n) is 17.9. The lowest BCUT2D eigenvalue weighted by molar-refractivity contribution is -0.154. The van der Waals surface area contributed by atoms with E-state index in [9.17, 15) is 14.4 Å². The van der Waals surface area contributed by atoms with Crippen molar-refractivity contribution in [1.82, 2.24) is 4.90 Å². The fourth-order valence-electron chi connectivity index (χ4n) is 5.87. The first kappa shape index (κ1) is 20.0. The quantitative estimate of drug-likeness (QED) is 0.421. The second kappa shape index (κ2) is 7.63. The minimum absolute atomic E-state index is 0.180. The van der Waals surface area contributed by atoms with Crippen molar-refractivity contribution in [3.05, 3.63) is 65.2 Å². The van der Waals surface area contributed by atoms with E-state index in [1.165, 1.54) is 4.90 Å². The Morgan fingerprint density at radius 1 is 0.968 bits per heavy atom. The number of esters is 1. The second-order valence-corrected chi connectivity index (χ2v) is 9.26. The van der Waals surface area contributed by atoms with Gasteiger partial charge in [0.05, 0.1) is 11.8 Å². The van der Waals surface area contributed by atoms with E-state index in [1.807, 2.05) is 56.3 Å². The van der Waals surface area contributed by atoms with Crippen molar-refractivity contribution in [2.45, 2.75) is 45.6 Å². The summed E-state index contributed by atoms with van der Waals surface area (Å²) in [5.74, 6) is -0.375. The van der Waals surface area contributed by atoms with Crippen LogP contribution in [0.4, 0.5) is 0 Å². The van der Waals surface area contributed by atoms with E-state index in [1.54, 1.807) is 6.07 Å². The molecule has 0 radical (unpaired) electrons. The van der Waals surface area contributed by atoms with Crippen molar-refractivity contribution in [2.75, 3.05) is 0 Å². The highest BCUT2D eigenvalue weighted by Gasteiger charge is 2.62. The van der Waals surface area contributed by atoms with Gasteiger partial charge in [0.1, 0.15) is 11.8 Å². The highest BCUT2D eigenvalue weighted by atomic mass is 16.5. The largest absolute Gasteiger partial charge is 0.425 e. The molecule has 2 saturated carbocycles. The summed E-state index contributed by atoms with van der Waals surface area (Å²) in [4.78, 5) is 41.4. The number of carbonyl (C=O) groups excluding carboxylic acids is 3. The van der Waals surface area contributed by atoms with Crippen molar-refractivity contribution in [3.8, 4) is 5.75 Å². The number of likely N-dealkylation sites (tertiary alicyclic amines) is 1. The van der Waals surface area contributed by atoms with Gasteiger partial charge in [0.15, 0.2) is 0 Å². The van der Waals surface area contributed by atoms with Crippen LogP contribution in [0.3, 0.4) is 0 Å². The summed E-state index contributed by atoms with van der Waals surface area (Å²) in [6.45, 7) is 3.86. The molecule has 160 valence electrons. The maximum atomic E-state index is 13.4. The number of fused-ring (bicyclic) bond motifs is 5. The molecule has 2 aliphatic carbocycles. The molecule has 3 aliphatic rings. The molecular weight excluding hydrogens is 390 g/mol. The minimum Gasteiger partial charge on any atom is -0.425 e. The number of carbonyl (C=O) groups is 3. The topological polar surface area (TPSA) is 63.7 Å². The zero-order valence-corrected chi connectivity index (χ0v) is 17.9. The monoisotopic (exact) mass is 417 g/mol. The molecule has 0 N–H and O–H groups in total. The summed E-state index contributed by atoms with van der Waals surface area (Å²) < 4.78 is 5.78. The second-order valence-electron chi connectivity index (χ2n) is 9.26. The molecule has 1 heterocycles. The summed E-state index contributed by atoms with van der Waals surface area (Å²) >= 11 is 0. The third-order valence-corrected chi connectivity index (χ3v) is 7.58. The molecule has 1 saturated heterocycles. The molecule has 3 fully saturated rings. The summed E-state index contributed by atoms with van der Waals surface area (Å²) in [5, 5.41) is 0. The van der Waals surface area contributed by atoms with Gasteiger partial charge >= 0.3 is 5.97 Å². The van der Waals surface area contributed by atoms with Gasteiger partial charge in [-0.15, -0.1) is 0 Å². The first-order valence-electron chi connectivity index (χ1n) is 11.1. The lowest BCUT2D eigenvalue weighted by Gasteiger charge is -2.26. The normalized spacial score (nSPS) is 27.5. The Hall–Kier alpha value is -2.95. The maximum absolute atomic E-state index is 13.4. The number of ether oxygens (including phenoxy) is 1. The van der Waals surface area contributed by atoms with E-state index in [0.29, 0.717) is 5.75 Å². The van der Waals surface area contributed by atoms with Gasteiger partial charge in [0.2, 0.25) is 11.8 Å². The molecule has 0 spiro atoms.